The molecule has 0 aromatic carbocycles. The van der Waals surface area contributed by atoms with E-state index in [-0.39, 0.29) is 16.6 Å². The van der Waals surface area contributed by atoms with Gasteiger partial charge in [-0.25, -0.2) is 15.0 Å². The standard InChI is InChI=1S/C18H25N5OS/c1-12-9-13(2)22-17(21-12)25-14(3)16(24)20-10-18(5-6-18)11-23-8-7-19-15(23)4/h7-9,14H,5-6,10-11H2,1-4H3,(H,20,24). The molecule has 1 fully saturated rings. The van der Waals surface area contributed by atoms with Crippen molar-refractivity contribution in [3.8, 4) is 0 Å². The summed E-state index contributed by atoms with van der Waals surface area (Å²) in [6.45, 7) is 9.43. The molecule has 0 aliphatic heterocycles. The van der Waals surface area contributed by atoms with Crippen molar-refractivity contribution < 1.29 is 4.79 Å². The number of carbonyl (C=O) groups is 1. The molecule has 6 nitrogen and oxygen atoms in total. The van der Waals surface area contributed by atoms with Crippen LogP contribution >= 0.6 is 11.8 Å². The molecular weight excluding hydrogens is 334 g/mol. The number of nitrogens with one attached hydrogen (secondary N) is 1. The minimum atomic E-state index is -0.216. The summed E-state index contributed by atoms with van der Waals surface area (Å²) in [5, 5.41) is 3.56. The van der Waals surface area contributed by atoms with Crippen molar-refractivity contribution in [2.45, 2.75) is 57.5 Å². The molecule has 0 radical (unpaired) electrons. The summed E-state index contributed by atoms with van der Waals surface area (Å²) in [4.78, 5) is 25.5. The largest absolute Gasteiger partial charge is 0.355 e. The monoisotopic (exact) mass is 359 g/mol. The van der Waals surface area contributed by atoms with Crippen molar-refractivity contribution in [3.05, 3.63) is 35.7 Å². The minimum absolute atomic E-state index is 0.0430. The lowest BCUT2D eigenvalue weighted by Crippen LogP contribution is -2.36. The lowest BCUT2D eigenvalue weighted by atomic mass is 10.1. The van der Waals surface area contributed by atoms with E-state index >= 15 is 0 Å². The van der Waals surface area contributed by atoms with Crippen molar-refractivity contribution in [3.63, 3.8) is 0 Å². The van der Waals surface area contributed by atoms with Crippen molar-refractivity contribution >= 4 is 17.7 Å². The van der Waals surface area contributed by atoms with Gasteiger partial charge in [-0.3, -0.25) is 4.79 Å². The van der Waals surface area contributed by atoms with E-state index < -0.39 is 0 Å². The molecule has 1 aliphatic carbocycles. The van der Waals surface area contributed by atoms with Crippen molar-refractivity contribution in [1.29, 1.82) is 0 Å². The zero-order valence-corrected chi connectivity index (χ0v) is 16.1. The van der Waals surface area contributed by atoms with Gasteiger partial charge in [0.05, 0.1) is 5.25 Å². The fraction of sp³-hybridized carbons (Fsp3) is 0.556. The quantitative estimate of drug-likeness (QED) is 0.608. The number of amides is 1. The Labute approximate surface area is 152 Å². The SMILES string of the molecule is Cc1cc(C)nc(SC(C)C(=O)NCC2(Cn3ccnc3C)CC2)n1. The Morgan fingerprint density at radius 1 is 1.32 bits per heavy atom. The van der Waals surface area contributed by atoms with Gasteiger partial charge >= 0.3 is 0 Å². The third kappa shape index (κ3) is 4.60. The van der Waals surface area contributed by atoms with Crippen molar-refractivity contribution in [2.24, 2.45) is 5.41 Å². The van der Waals surface area contributed by atoms with Crippen LogP contribution in [0.15, 0.2) is 23.6 Å². The number of thioether (sulfide) groups is 1. The molecule has 134 valence electrons. The summed E-state index contributed by atoms with van der Waals surface area (Å²) >= 11 is 1.41. The predicted octanol–water partition coefficient (Wildman–Crippen LogP) is 2.68. The number of aromatic nitrogens is 4. The van der Waals surface area contributed by atoms with Crippen molar-refractivity contribution in [1.82, 2.24) is 24.8 Å². The Kier molecular flexibility index (Phi) is 5.13. The molecule has 1 amide bonds. The maximum atomic E-state index is 12.5. The molecule has 2 heterocycles. The molecule has 7 heteroatoms. The van der Waals surface area contributed by atoms with Gasteiger partial charge in [0.25, 0.3) is 0 Å². The van der Waals surface area contributed by atoms with Gasteiger partial charge in [-0.15, -0.1) is 0 Å². The topological polar surface area (TPSA) is 72.7 Å². The first-order valence-corrected chi connectivity index (χ1v) is 9.49. The highest BCUT2D eigenvalue weighted by Gasteiger charge is 2.43. The fourth-order valence-electron chi connectivity index (χ4n) is 2.88. The molecule has 0 spiro atoms. The van der Waals surface area contributed by atoms with E-state index in [1.165, 1.54) is 11.8 Å². The number of imidazole rings is 1. The van der Waals surface area contributed by atoms with Gasteiger partial charge in [0, 0.05) is 42.3 Å². The second-order valence-electron chi connectivity index (χ2n) is 7.01. The van der Waals surface area contributed by atoms with Gasteiger partial charge in [0.1, 0.15) is 5.82 Å². The van der Waals surface area contributed by atoms with Crippen LogP contribution in [-0.2, 0) is 11.3 Å². The van der Waals surface area contributed by atoms with Gasteiger partial charge in [-0.05, 0) is 46.6 Å². The second-order valence-corrected chi connectivity index (χ2v) is 8.32. The molecule has 3 rings (SSSR count). The Morgan fingerprint density at radius 2 is 2.00 bits per heavy atom. The number of hydrogen-bond donors (Lipinski definition) is 1. The van der Waals surface area contributed by atoms with E-state index in [2.05, 4.69) is 24.8 Å². The summed E-state index contributed by atoms with van der Waals surface area (Å²) in [5.74, 6) is 1.06. The molecule has 2 aromatic heterocycles. The molecule has 1 atom stereocenters. The molecule has 1 unspecified atom stereocenters. The molecule has 0 bridgehead atoms. The first kappa shape index (κ1) is 17.9. The first-order valence-electron chi connectivity index (χ1n) is 8.61. The van der Waals surface area contributed by atoms with E-state index in [1.54, 1.807) is 0 Å². The number of rotatable bonds is 7. The van der Waals surface area contributed by atoms with Gasteiger partial charge in [0.15, 0.2) is 5.16 Å². The maximum Gasteiger partial charge on any atom is 0.233 e. The number of carbonyl (C=O) groups excluding carboxylic acids is 1. The molecule has 1 N–H and O–H groups in total. The normalized spacial score (nSPS) is 16.5. The Hall–Kier alpha value is -1.89. The average molecular weight is 359 g/mol. The van der Waals surface area contributed by atoms with Crippen LogP contribution < -0.4 is 5.32 Å². The minimum Gasteiger partial charge on any atom is -0.355 e. The number of hydrogen-bond acceptors (Lipinski definition) is 5. The number of aryl methyl sites for hydroxylation is 3. The highest BCUT2D eigenvalue weighted by Crippen LogP contribution is 2.46. The molecule has 25 heavy (non-hydrogen) atoms. The summed E-state index contributed by atoms with van der Waals surface area (Å²) in [6, 6.07) is 1.93. The third-order valence-electron chi connectivity index (χ3n) is 4.64. The Morgan fingerprint density at radius 3 is 2.56 bits per heavy atom. The van der Waals surface area contributed by atoms with Gasteiger partial charge in [0.2, 0.25) is 5.91 Å². The maximum absolute atomic E-state index is 12.5. The van der Waals surface area contributed by atoms with Crippen LogP contribution in [0.4, 0.5) is 0 Å². The lowest BCUT2D eigenvalue weighted by Gasteiger charge is -2.19. The summed E-state index contributed by atoms with van der Waals surface area (Å²) in [5.41, 5.74) is 2.03. The molecule has 2 aromatic rings. The summed E-state index contributed by atoms with van der Waals surface area (Å²) < 4.78 is 2.17. The average Bonchev–Trinajstić information content (AvgIpc) is 3.19. The van der Waals surface area contributed by atoms with E-state index in [0.717, 1.165) is 36.6 Å². The molecule has 0 saturated heterocycles. The first-order chi connectivity index (χ1) is 11.9. The van der Waals surface area contributed by atoms with Gasteiger partial charge in [-0.1, -0.05) is 11.8 Å². The number of nitrogens with zero attached hydrogens (tertiary/aromatic N) is 4. The summed E-state index contributed by atoms with van der Waals surface area (Å²) in [7, 11) is 0. The van der Waals surface area contributed by atoms with Crippen LogP contribution in [0.1, 0.15) is 37.0 Å². The Balaban J connectivity index is 1.52. The Bertz CT molecular complexity index is 748. The van der Waals surface area contributed by atoms with Gasteiger partial charge < -0.3 is 9.88 Å². The van der Waals surface area contributed by atoms with Crippen LogP contribution in [-0.4, -0.2) is 37.2 Å². The van der Waals surface area contributed by atoms with Gasteiger partial charge in [-0.2, -0.15) is 0 Å². The highest BCUT2D eigenvalue weighted by molar-refractivity contribution is 8.00. The summed E-state index contributed by atoms with van der Waals surface area (Å²) in [6.07, 6.45) is 6.12. The van der Waals surface area contributed by atoms with Crippen LogP contribution in [0.25, 0.3) is 0 Å². The zero-order valence-electron chi connectivity index (χ0n) is 15.2. The fourth-order valence-corrected chi connectivity index (χ4v) is 3.78. The van der Waals surface area contributed by atoms with Crippen LogP contribution in [0.3, 0.4) is 0 Å². The second kappa shape index (κ2) is 7.15. The predicted molar refractivity (Wildman–Crippen MR) is 98.5 cm³/mol. The third-order valence-corrected chi connectivity index (χ3v) is 5.60. The zero-order chi connectivity index (χ0) is 18.0. The van der Waals surface area contributed by atoms with E-state index in [4.69, 9.17) is 0 Å². The van der Waals surface area contributed by atoms with E-state index in [1.807, 2.05) is 46.2 Å². The lowest BCUT2D eigenvalue weighted by molar-refractivity contribution is -0.120. The van der Waals surface area contributed by atoms with Crippen molar-refractivity contribution in [2.75, 3.05) is 6.54 Å². The molecular formula is C18H25N5OS. The highest BCUT2D eigenvalue weighted by atomic mass is 32.2. The molecule has 1 aliphatic rings. The van der Waals surface area contributed by atoms with Crippen LogP contribution in [0, 0.1) is 26.2 Å². The molecule has 1 saturated carbocycles. The van der Waals surface area contributed by atoms with E-state index in [9.17, 15) is 4.79 Å². The van der Waals surface area contributed by atoms with Crippen LogP contribution in [0.2, 0.25) is 0 Å². The smallest absolute Gasteiger partial charge is 0.233 e. The van der Waals surface area contributed by atoms with E-state index in [0.29, 0.717) is 11.7 Å². The van der Waals surface area contributed by atoms with Crippen LogP contribution in [0.5, 0.6) is 0 Å².